The van der Waals surface area contributed by atoms with E-state index in [0.29, 0.717) is 22.8 Å². The molecule has 1 amide bonds. The Morgan fingerprint density at radius 2 is 1.60 bits per heavy atom. The zero-order valence-corrected chi connectivity index (χ0v) is 18.6. The van der Waals surface area contributed by atoms with Crippen molar-refractivity contribution < 1.29 is 13.2 Å². The number of hydrogen-bond acceptors (Lipinski definition) is 3. The number of rotatable bonds is 6. The van der Waals surface area contributed by atoms with Crippen LogP contribution in [0.4, 0.5) is 5.69 Å². The van der Waals surface area contributed by atoms with Crippen LogP contribution < -0.4 is 4.72 Å². The number of benzene rings is 3. The molecule has 30 heavy (non-hydrogen) atoms. The standard InChI is InChI=1S/C23H23ClN2O3S/c1-16-5-4-6-22(17(16)2)25-30(28,29)21-13-9-19(10-14-21)23(27)26(3)15-18-7-11-20(24)12-8-18/h4-14,25H,15H2,1-3H3. The van der Waals surface area contributed by atoms with Gasteiger partial charge in [-0.3, -0.25) is 9.52 Å². The normalized spacial score (nSPS) is 11.2. The van der Waals surface area contributed by atoms with Crippen molar-refractivity contribution in [3.8, 4) is 0 Å². The number of halogens is 1. The van der Waals surface area contributed by atoms with E-state index in [1.807, 2.05) is 32.0 Å². The predicted molar refractivity (Wildman–Crippen MR) is 120 cm³/mol. The Balaban J connectivity index is 1.73. The van der Waals surface area contributed by atoms with Crippen molar-refractivity contribution in [2.75, 3.05) is 11.8 Å². The average Bonchev–Trinajstić information content (AvgIpc) is 2.72. The molecule has 0 radical (unpaired) electrons. The third kappa shape index (κ3) is 5.01. The number of carbonyl (C=O) groups excluding carboxylic acids is 1. The van der Waals surface area contributed by atoms with Crippen LogP contribution in [-0.2, 0) is 16.6 Å². The van der Waals surface area contributed by atoms with Crippen molar-refractivity contribution in [3.63, 3.8) is 0 Å². The summed E-state index contributed by atoms with van der Waals surface area (Å²) in [6.07, 6.45) is 0. The van der Waals surface area contributed by atoms with Crippen molar-refractivity contribution in [2.45, 2.75) is 25.3 Å². The van der Waals surface area contributed by atoms with E-state index in [9.17, 15) is 13.2 Å². The van der Waals surface area contributed by atoms with Gasteiger partial charge in [-0.05, 0) is 73.0 Å². The molecular weight excluding hydrogens is 420 g/mol. The highest BCUT2D eigenvalue weighted by atomic mass is 35.5. The molecule has 3 aromatic carbocycles. The van der Waals surface area contributed by atoms with Gasteiger partial charge in [0.15, 0.2) is 0 Å². The molecule has 0 saturated carbocycles. The molecule has 0 aliphatic heterocycles. The van der Waals surface area contributed by atoms with Crippen LogP contribution in [0.2, 0.25) is 5.02 Å². The molecule has 3 rings (SSSR count). The van der Waals surface area contributed by atoms with E-state index in [4.69, 9.17) is 11.6 Å². The summed E-state index contributed by atoms with van der Waals surface area (Å²) in [7, 11) is -2.06. The van der Waals surface area contributed by atoms with Crippen LogP contribution in [0.1, 0.15) is 27.0 Å². The van der Waals surface area contributed by atoms with Gasteiger partial charge in [0.2, 0.25) is 0 Å². The highest BCUT2D eigenvalue weighted by molar-refractivity contribution is 7.92. The number of carbonyl (C=O) groups is 1. The van der Waals surface area contributed by atoms with Crippen LogP contribution in [-0.4, -0.2) is 26.3 Å². The number of amides is 1. The van der Waals surface area contributed by atoms with Gasteiger partial charge in [-0.2, -0.15) is 0 Å². The molecule has 0 heterocycles. The predicted octanol–water partition coefficient (Wildman–Crippen LogP) is 5.03. The second kappa shape index (κ2) is 8.90. The van der Waals surface area contributed by atoms with E-state index in [-0.39, 0.29) is 10.8 Å². The summed E-state index contributed by atoms with van der Waals surface area (Å²) in [6.45, 7) is 4.21. The molecule has 1 N–H and O–H groups in total. The SMILES string of the molecule is Cc1cccc(NS(=O)(=O)c2ccc(C(=O)N(C)Cc3ccc(Cl)cc3)cc2)c1C. The molecule has 7 heteroatoms. The lowest BCUT2D eigenvalue weighted by Crippen LogP contribution is -2.26. The Bertz CT molecular complexity index is 1160. The van der Waals surface area contributed by atoms with E-state index in [0.717, 1.165) is 16.7 Å². The summed E-state index contributed by atoms with van der Waals surface area (Å²) in [5, 5.41) is 0.638. The third-order valence-corrected chi connectivity index (χ3v) is 6.57. The number of anilines is 1. The molecule has 0 aliphatic carbocycles. The van der Waals surface area contributed by atoms with Crippen molar-refractivity contribution in [2.24, 2.45) is 0 Å². The van der Waals surface area contributed by atoms with Crippen molar-refractivity contribution in [1.29, 1.82) is 0 Å². The molecule has 0 atom stereocenters. The fourth-order valence-corrected chi connectivity index (χ4v) is 4.25. The van der Waals surface area contributed by atoms with E-state index in [1.165, 1.54) is 24.3 Å². The first-order valence-corrected chi connectivity index (χ1v) is 11.2. The van der Waals surface area contributed by atoms with Gasteiger partial charge in [-0.1, -0.05) is 35.9 Å². The van der Waals surface area contributed by atoms with Crippen LogP contribution >= 0.6 is 11.6 Å². The molecule has 0 fully saturated rings. The topological polar surface area (TPSA) is 66.5 Å². The Morgan fingerprint density at radius 3 is 2.23 bits per heavy atom. The van der Waals surface area contributed by atoms with Crippen LogP contribution in [0, 0.1) is 13.8 Å². The van der Waals surface area contributed by atoms with Gasteiger partial charge in [-0.15, -0.1) is 0 Å². The highest BCUT2D eigenvalue weighted by Crippen LogP contribution is 2.22. The summed E-state index contributed by atoms with van der Waals surface area (Å²) >= 11 is 5.89. The number of sulfonamides is 1. The molecule has 0 aromatic heterocycles. The van der Waals surface area contributed by atoms with Gasteiger partial charge in [0, 0.05) is 24.2 Å². The monoisotopic (exact) mass is 442 g/mol. The van der Waals surface area contributed by atoms with Crippen molar-refractivity contribution in [1.82, 2.24) is 4.90 Å². The van der Waals surface area contributed by atoms with Crippen LogP contribution in [0.25, 0.3) is 0 Å². The minimum absolute atomic E-state index is 0.0975. The Hall–Kier alpha value is -2.83. The van der Waals surface area contributed by atoms with Crippen LogP contribution in [0.5, 0.6) is 0 Å². The van der Waals surface area contributed by atoms with Crippen LogP contribution in [0.3, 0.4) is 0 Å². The molecule has 0 saturated heterocycles. The first kappa shape index (κ1) is 21.9. The maximum atomic E-state index is 12.7. The molecule has 0 spiro atoms. The summed E-state index contributed by atoms with van der Waals surface area (Å²) in [4.78, 5) is 14.4. The lowest BCUT2D eigenvalue weighted by Gasteiger charge is -2.18. The Kier molecular flexibility index (Phi) is 6.48. The Labute approximate surface area is 182 Å². The molecule has 0 aliphatic rings. The van der Waals surface area contributed by atoms with Gasteiger partial charge in [0.05, 0.1) is 10.6 Å². The minimum atomic E-state index is -3.76. The molecule has 156 valence electrons. The largest absolute Gasteiger partial charge is 0.337 e. The summed E-state index contributed by atoms with van der Waals surface area (Å²) in [5.41, 5.74) is 3.78. The Morgan fingerprint density at radius 1 is 0.967 bits per heavy atom. The van der Waals surface area contributed by atoms with E-state index >= 15 is 0 Å². The summed E-state index contributed by atoms with van der Waals surface area (Å²) in [6, 6.07) is 18.7. The van der Waals surface area contributed by atoms with Gasteiger partial charge < -0.3 is 4.90 Å². The average molecular weight is 443 g/mol. The molecule has 0 bridgehead atoms. The number of hydrogen-bond donors (Lipinski definition) is 1. The lowest BCUT2D eigenvalue weighted by atomic mass is 10.1. The first-order chi connectivity index (χ1) is 14.2. The molecule has 0 unspecified atom stereocenters. The fraction of sp³-hybridized carbons (Fsp3) is 0.174. The lowest BCUT2D eigenvalue weighted by molar-refractivity contribution is 0.0785. The minimum Gasteiger partial charge on any atom is -0.337 e. The van der Waals surface area contributed by atoms with E-state index < -0.39 is 10.0 Å². The second-order valence-corrected chi connectivity index (χ2v) is 9.28. The van der Waals surface area contributed by atoms with Gasteiger partial charge in [-0.25, -0.2) is 8.42 Å². The quantitative estimate of drug-likeness (QED) is 0.582. The zero-order chi connectivity index (χ0) is 21.9. The number of nitrogens with one attached hydrogen (secondary N) is 1. The van der Waals surface area contributed by atoms with Gasteiger partial charge in [0.1, 0.15) is 0 Å². The first-order valence-electron chi connectivity index (χ1n) is 9.36. The van der Waals surface area contributed by atoms with Gasteiger partial charge >= 0.3 is 0 Å². The number of aryl methyl sites for hydroxylation is 1. The molecular formula is C23H23ClN2O3S. The summed E-state index contributed by atoms with van der Waals surface area (Å²) in [5.74, 6) is -0.198. The maximum absolute atomic E-state index is 12.7. The van der Waals surface area contributed by atoms with Gasteiger partial charge in [0.25, 0.3) is 15.9 Å². The number of nitrogens with zero attached hydrogens (tertiary/aromatic N) is 1. The smallest absolute Gasteiger partial charge is 0.261 e. The fourth-order valence-electron chi connectivity index (χ4n) is 3.00. The van der Waals surface area contributed by atoms with Crippen molar-refractivity contribution in [3.05, 3.63) is 94.0 Å². The summed E-state index contributed by atoms with van der Waals surface area (Å²) < 4.78 is 28.1. The van der Waals surface area contributed by atoms with Crippen molar-refractivity contribution >= 4 is 33.2 Å². The van der Waals surface area contributed by atoms with Crippen LogP contribution in [0.15, 0.2) is 71.6 Å². The third-order valence-electron chi connectivity index (χ3n) is 4.94. The molecule has 3 aromatic rings. The van der Waals surface area contributed by atoms with E-state index in [1.54, 1.807) is 36.2 Å². The second-order valence-electron chi connectivity index (χ2n) is 7.17. The zero-order valence-electron chi connectivity index (χ0n) is 17.0. The molecule has 5 nitrogen and oxygen atoms in total. The highest BCUT2D eigenvalue weighted by Gasteiger charge is 2.18. The maximum Gasteiger partial charge on any atom is 0.261 e. The van der Waals surface area contributed by atoms with E-state index in [2.05, 4.69) is 4.72 Å².